The van der Waals surface area contributed by atoms with Crippen LogP contribution in [0.3, 0.4) is 0 Å². The Morgan fingerprint density at radius 3 is 2.48 bits per heavy atom. The first kappa shape index (κ1) is 14.7. The summed E-state index contributed by atoms with van der Waals surface area (Å²) < 4.78 is 14.8. The van der Waals surface area contributed by atoms with Gasteiger partial charge in [0.1, 0.15) is 5.82 Å². The molecule has 2 aromatic rings. The van der Waals surface area contributed by atoms with E-state index in [1.165, 1.54) is 11.6 Å². The molecular weight excluding hydrogens is 331 g/mol. The standard InChI is InChI=1S/C18H18BrFO/c19-15-7-8-16(20)13(11-15)12-17(21)18(9-4-10-18)14-5-2-1-3-6-14/h1-3,5-8,11,17,21H,4,9-10,12H2. The fourth-order valence-corrected chi connectivity index (χ4v) is 3.65. The number of aliphatic hydroxyl groups excluding tert-OH is 1. The van der Waals surface area contributed by atoms with Gasteiger partial charge in [0.25, 0.3) is 0 Å². The van der Waals surface area contributed by atoms with Gasteiger partial charge in [-0.05, 0) is 42.2 Å². The second-order valence-electron chi connectivity index (χ2n) is 5.83. The van der Waals surface area contributed by atoms with Gasteiger partial charge in [-0.1, -0.05) is 52.7 Å². The van der Waals surface area contributed by atoms with E-state index in [2.05, 4.69) is 28.1 Å². The van der Waals surface area contributed by atoms with E-state index < -0.39 is 6.10 Å². The van der Waals surface area contributed by atoms with E-state index >= 15 is 0 Å². The number of hydrogen-bond donors (Lipinski definition) is 1. The van der Waals surface area contributed by atoms with Crippen molar-refractivity contribution in [2.45, 2.75) is 37.2 Å². The van der Waals surface area contributed by atoms with Crippen LogP contribution in [0.1, 0.15) is 30.4 Å². The van der Waals surface area contributed by atoms with Crippen LogP contribution in [0.25, 0.3) is 0 Å². The predicted octanol–water partition coefficient (Wildman–Crippen LogP) is 4.61. The second-order valence-corrected chi connectivity index (χ2v) is 6.75. The van der Waals surface area contributed by atoms with Crippen molar-refractivity contribution in [1.82, 2.24) is 0 Å². The molecule has 2 aromatic carbocycles. The van der Waals surface area contributed by atoms with Crippen LogP contribution in [0.2, 0.25) is 0 Å². The third kappa shape index (κ3) is 2.77. The van der Waals surface area contributed by atoms with Gasteiger partial charge in [0, 0.05) is 16.3 Å². The molecule has 3 rings (SSSR count). The van der Waals surface area contributed by atoms with Crippen molar-refractivity contribution in [1.29, 1.82) is 0 Å². The van der Waals surface area contributed by atoms with E-state index in [0.29, 0.717) is 12.0 Å². The first-order valence-electron chi connectivity index (χ1n) is 7.29. The second kappa shape index (κ2) is 5.90. The lowest BCUT2D eigenvalue weighted by molar-refractivity contribution is 0.0280. The topological polar surface area (TPSA) is 20.2 Å². The lowest BCUT2D eigenvalue weighted by Gasteiger charge is -2.46. The van der Waals surface area contributed by atoms with Gasteiger partial charge in [-0.3, -0.25) is 0 Å². The summed E-state index contributed by atoms with van der Waals surface area (Å²) in [4.78, 5) is 0. The lowest BCUT2D eigenvalue weighted by Crippen LogP contribution is -2.46. The molecule has 0 saturated heterocycles. The average molecular weight is 349 g/mol. The van der Waals surface area contributed by atoms with Gasteiger partial charge in [-0.15, -0.1) is 0 Å². The van der Waals surface area contributed by atoms with Crippen LogP contribution in [0.4, 0.5) is 4.39 Å². The van der Waals surface area contributed by atoms with Crippen molar-refractivity contribution < 1.29 is 9.50 Å². The molecule has 110 valence electrons. The molecule has 0 bridgehead atoms. The quantitative estimate of drug-likeness (QED) is 0.854. The number of hydrogen-bond acceptors (Lipinski definition) is 1. The van der Waals surface area contributed by atoms with Crippen molar-refractivity contribution in [2.75, 3.05) is 0 Å². The molecule has 0 spiro atoms. The Hall–Kier alpha value is -1.19. The first-order chi connectivity index (χ1) is 10.1. The molecule has 1 saturated carbocycles. The Bertz CT molecular complexity index is 622. The van der Waals surface area contributed by atoms with Crippen LogP contribution in [0.5, 0.6) is 0 Å². The van der Waals surface area contributed by atoms with E-state index in [9.17, 15) is 9.50 Å². The number of halogens is 2. The lowest BCUT2D eigenvalue weighted by atomic mass is 9.60. The van der Waals surface area contributed by atoms with Gasteiger partial charge in [0.05, 0.1) is 6.10 Å². The Balaban J connectivity index is 1.87. The van der Waals surface area contributed by atoms with Crippen LogP contribution in [0.15, 0.2) is 53.0 Å². The first-order valence-corrected chi connectivity index (χ1v) is 8.09. The smallest absolute Gasteiger partial charge is 0.126 e. The zero-order valence-electron chi connectivity index (χ0n) is 11.7. The summed E-state index contributed by atoms with van der Waals surface area (Å²) in [6.45, 7) is 0. The van der Waals surface area contributed by atoms with E-state index in [4.69, 9.17) is 0 Å². The van der Waals surface area contributed by atoms with Crippen molar-refractivity contribution in [2.24, 2.45) is 0 Å². The largest absolute Gasteiger partial charge is 0.392 e. The maximum absolute atomic E-state index is 13.9. The summed E-state index contributed by atoms with van der Waals surface area (Å²) in [5.41, 5.74) is 1.52. The molecule has 1 nitrogen and oxygen atoms in total. The minimum absolute atomic E-state index is 0.212. The molecule has 1 unspecified atom stereocenters. The van der Waals surface area contributed by atoms with Gasteiger partial charge < -0.3 is 5.11 Å². The van der Waals surface area contributed by atoms with Crippen LogP contribution in [-0.2, 0) is 11.8 Å². The summed E-state index contributed by atoms with van der Waals surface area (Å²) in [6.07, 6.45) is 2.84. The molecule has 0 radical (unpaired) electrons. The summed E-state index contributed by atoms with van der Waals surface area (Å²) >= 11 is 3.36. The molecule has 3 heteroatoms. The fraction of sp³-hybridized carbons (Fsp3) is 0.333. The summed E-state index contributed by atoms with van der Waals surface area (Å²) in [5.74, 6) is -0.250. The van der Waals surface area contributed by atoms with Gasteiger partial charge in [-0.25, -0.2) is 4.39 Å². The van der Waals surface area contributed by atoms with Crippen molar-refractivity contribution in [3.8, 4) is 0 Å². The molecule has 1 N–H and O–H groups in total. The molecule has 0 amide bonds. The molecule has 1 aliphatic rings. The molecule has 0 aromatic heterocycles. The molecule has 0 heterocycles. The Labute approximate surface area is 132 Å². The van der Waals surface area contributed by atoms with Gasteiger partial charge in [0.2, 0.25) is 0 Å². The number of rotatable bonds is 4. The predicted molar refractivity (Wildman–Crippen MR) is 85.8 cm³/mol. The highest BCUT2D eigenvalue weighted by Crippen LogP contribution is 2.47. The summed E-state index contributed by atoms with van der Waals surface area (Å²) in [5, 5.41) is 10.8. The zero-order chi connectivity index (χ0) is 14.9. The number of benzene rings is 2. The molecular formula is C18H18BrFO. The summed E-state index contributed by atoms with van der Waals surface area (Å²) in [6, 6.07) is 15.0. The molecule has 21 heavy (non-hydrogen) atoms. The van der Waals surface area contributed by atoms with Gasteiger partial charge in [-0.2, -0.15) is 0 Å². The van der Waals surface area contributed by atoms with Gasteiger partial charge >= 0.3 is 0 Å². The van der Waals surface area contributed by atoms with Gasteiger partial charge in [0.15, 0.2) is 0 Å². The zero-order valence-corrected chi connectivity index (χ0v) is 13.3. The third-order valence-electron chi connectivity index (χ3n) is 4.65. The minimum Gasteiger partial charge on any atom is -0.392 e. The SMILES string of the molecule is OC(Cc1cc(Br)ccc1F)C1(c2ccccc2)CCC1. The maximum Gasteiger partial charge on any atom is 0.126 e. The van der Waals surface area contributed by atoms with E-state index in [1.807, 2.05) is 18.2 Å². The van der Waals surface area contributed by atoms with Crippen LogP contribution in [-0.4, -0.2) is 11.2 Å². The van der Waals surface area contributed by atoms with Crippen molar-refractivity contribution in [3.05, 3.63) is 69.9 Å². The molecule has 1 atom stereocenters. The van der Waals surface area contributed by atoms with Crippen LogP contribution < -0.4 is 0 Å². The third-order valence-corrected chi connectivity index (χ3v) is 5.15. The maximum atomic E-state index is 13.9. The Kier molecular flexibility index (Phi) is 4.14. The molecule has 0 aliphatic heterocycles. The van der Waals surface area contributed by atoms with E-state index in [-0.39, 0.29) is 11.2 Å². The highest BCUT2D eigenvalue weighted by Gasteiger charge is 2.44. The minimum atomic E-state index is -0.558. The average Bonchev–Trinajstić information content (AvgIpc) is 2.43. The fourth-order valence-electron chi connectivity index (χ4n) is 3.25. The monoisotopic (exact) mass is 348 g/mol. The Morgan fingerprint density at radius 1 is 1.14 bits per heavy atom. The highest BCUT2D eigenvalue weighted by molar-refractivity contribution is 9.10. The van der Waals surface area contributed by atoms with Crippen LogP contribution >= 0.6 is 15.9 Å². The highest BCUT2D eigenvalue weighted by atomic mass is 79.9. The summed E-state index contributed by atoms with van der Waals surface area (Å²) in [7, 11) is 0. The molecule has 1 aliphatic carbocycles. The van der Waals surface area contributed by atoms with Crippen molar-refractivity contribution in [3.63, 3.8) is 0 Å². The molecule has 1 fully saturated rings. The normalized spacial score (nSPS) is 18.0. The van der Waals surface area contributed by atoms with Crippen LogP contribution in [0, 0.1) is 5.82 Å². The van der Waals surface area contributed by atoms with Crippen molar-refractivity contribution >= 4 is 15.9 Å². The van der Waals surface area contributed by atoms with E-state index in [1.54, 1.807) is 12.1 Å². The van der Waals surface area contributed by atoms with E-state index in [0.717, 1.165) is 23.7 Å². The number of aliphatic hydroxyl groups is 1. The Morgan fingerprint density at radius 2 is 1.86 bits per heavy atom.